The van der Waals surface area contributed by atoms with Crippen LogP contribution >= 0.6 is 0 Å². The first kappa shape index (κ1) is 15.0. The molecule has 0 radical (unpaired) electrons. The van der Waals surface area contributed by atoms with Crippen molar-refractivity contribution < 1.29 is 9.90 Å². The maximum atomic E-state index is 12.5. The van der Waals surface area contributed by atoms with E-state index in [0.29, 0.717) is 0 Å². The maximum Gasteiger partial charge on any atom is 0.240 e. The summed E-state index contributed by atoms with van der Waals surface area (Å²) in [6.07, 6.45) is 4.56. The summed E-state index contributed by atoms with van der Waals surface area (Å²) in [4.78, 5) is 12.5. The summed E-state index contributed by atoms with van der Waals surface area (Å²) in [6.45, 7) is 1.67. The number of amides is 1. The van der Waals surface area contributed by atoms with Crippen LogP contribution in [0.5, 0.6) is 0 Å². The number of nitrogens with two attached hydrogens (primary N) is 1. The molecular weight excluding hydrogens is 252 g/mol. The van der Waals surface area contributed by atoms with E-state index in [-0.39, 0.29) is 12.5 Å². The van der Waals surface area contributed by atoms with Crippen molar-refractivity contribution in [2.45, 2.75) is 50.1 Å². The molecule has 2 rings (SSSR count). The first-order valence-electron chi connectivity index (χ1n) is 7.28. The minimum Gasteiger partial charge on any atom is -0.394 e. The zero-order valence-corrected chi connectivity index (χ0v) is 12.1. The Morgan fingerprint density at radius 1 is 1.30 bits per heavy atom. The van der Waals surface area contributed by atoms with Crippen LogP contribution in [0.15, 0.2) is 30.3 Å². The van der Waals surface area contributed by atoms with Crippen LogP contribution in [0, 0.1) is 0 Å². The van der Waals surface area contributed by atoms with E-state index in [2.05, 4.69) is 5.32 Å². The molecule has 1 saturated carbocycles. The summed E-state index contributed by atoms with van der Waals surface area (Å²) >= 11 is 0. The number of rotatable bonds is 4. The normalized spacial score (nSPS) is 20.9. The lowest BCUT2D eigenvalue weighted by molar-refractivity contribution is -0.130. The fraction of sp³-hybridized carbons (Fsp3) is 0.562. The molecule has 0 aromatic heterocycles. The third-order valence-electron chi connectivity index (χ3n) is 4.31. The standard InChI is InChI=1S/C16H24N2O2/c1-15(12-19,13-8-4-2-5-9-13)18-14(20)16(17)10-6-3-7-11-16/h2,4-5,8-9,19H,3,6-7,10-12,17H2,1H3,(H,18,20). The highest BCUT2D eigenvalue weighted by Crippen LogP contribution is 2.28. The smallest absolute Gasteiger partial charge is 0.240 e. The second-order valence-corrected chi connectivity index (χ2v) is 6.03. The van der Waals surface area contributed by atoms with Crippen molar-refractivity contribution in [3.8, 4) is 0 Å². The second-order valence-electron chi connectivity index (χ2n) is 6.03. The number of nitrogens with one attached hydrogen (secondary N) is 1. The van der Waals surface area contributed by atoms with Crippen molar-refractivity contribution >= 4 is 5.91 Å². The van der Waals surface area contributed by atoms with Gasteiger partial charge in [0, 0.05) is 0 Å². The van der Waals surface area contributed by atoms with Gasteiger partial charge in [-0.25, -0.2) is 0 Å². The zero-order chi connectivity index (χ0) is 14.6. The Kier molecular flexibility index (Phi) is 4.45. The molecule has 1 aromatic rings. The minimum absolute atomic E-state index is 0.154. The van der Waals surface area contributed by atoms with Crippen molar-refractivity contribution in [2.75, 3.05) is 6.61 Å². The monoisotopic (exact) mass is 276 g/mol. The van der Waals surface area contributed by atoms with Gasteiger partial charge < -0.3 is 16.2 Å². The lowest BCUT2D eigenvalue weighted by atomic mass is 9.80. The van der Waals surface area contributed by atoms with E-state index < -0.39 is 11.1 Å². The highest BCUT2D eigenvalue weighted by molar-refractivity contribution is 5.87. The van der Waals surface area contributed by atoms with Crippen LogP contribution in [0.25, 0.3) is 0 Å². The lowest BCUT2D eigenvalue weighted by Gasteiger charge is -2.37. The number of carbonyl (C=O) groups excluding carboxylic acids is 1. The summed E-state index contributed by atoms with van der Waals surface area (Å²) < 4.78 is 0. The van der Waals surface area contributed by atoms with E-state index in [1.54, 1.807) is 0 Å². The predicted octanol–water partition coefficient (Wildman–Crippen LogP) is 1.67. The molecule has 0 bridgehead atoms. The van der Waals surface area contributed by atoms with Crippen LogP contribution in [-0.2, 0) is 10.3 Å². The molecule has 1 aliphatic carbocycles. The minimum atomic E-state index is -0.790. The van der Waals surface area contributed by atoms with Crippen molar-refractivity contribution in [1.82, 2.24) is 5.32 Å². The molecule has 0 aliphatic heterocycles. The summed E-state index contributed by atoms with van der Waals surface area (Å²) in [5, 5.41) is 12.7. The van der Waals surface area contributed by atoms with E-state index >= 15 is 0 Å². The zero-order valence-electron chi connectivity index (χ0n) is 12.1. The number of hydrogen-bond acceptors (Lipinski definition) is 3. The van der Waals surface area contributed by atoms with E-state index in [0.717, 1.165) is 37.7 Å². The molecule has 4 nitrogen and oxygen atoms in total. The summed E-state index contributed by atoms with van der Waals surface area (Å²) in [5.41, 5.74) is 5.56. The van der Waals surface area contributed by atoms with Crippen molar-refractivity contribution in [3.05, 3.63) is 35.9 Å². The van der Waals surface area contributed by atoms with Gasteiger partial charge in [-0.15, -0.1) is 0 Å². The number of carbonyl (C=O) groups is 1. The molecule has 20 heavy (non-hydrogen) atoms. The van der Waals surface area contributed by atoms with Crippen LogP contribution in [0.1, 0.15) is 44.6 Å². The van der Waals surface area contributed by atoms with Gasteiger partial charge in [-0.1, -0.05) is 49.6 Å². The molecule has 110 valence electrons. The first-order valence-corrected chi connectivity index (χ1v) is 7.28. The summed E-state index contributed by atoms with van der Waals surface area (Å²) in [6, 6.07) is 9.51. The average molecular weight is 276 g/mol. The van der Waals surface area contributed by atoms with Gasteiger partial charge in [0.15, 0.2) is 0 Å². The molecule has 0 spiro atoms. The van der Waals surface area contributed by atoms with Crippen LogP contribution in [0.4, 0.5) is 0 Å². The van der Waals surface area contributed by atoms with Crippen LogP contribution < -0.4 is 11.1 Å². The molecule has 0 heterocycles. The molecule has 1 aliphatic rings. The largest absolute Gasteiger partial charge is 0.394 e. The Balaban J connectivity index is 2.15. The Morgan fingerprint density at radius 3 is 2.45 bits per heavy atom. The van der Waals surface area contributed by atoms with E-state index in [1.807, 2.05) is 37.3 Å². The molecule has 1 amide bonds. The Bertz CT molecular complexity index is 455. The third kappa shape index (κ3) is 3.02. The highest BCUT2D eigenvalue weighted by atomic mass is 16.3. The van der Waals surface area contributed by atoms with Gasteiger partial charge >= 0.3 is 0 Å². The molecule has 1 unspecified atom stereocenters. The lowest BCUT2D eigenvalue weighted by Crippen LogP contribution is -2.60. The van der Waals surface area contributed by atoms with Gasteiger partial charge in [0.1, 0.15) is 0 Å². The molecule has 0 saturated heterocycles. The quantitative estimate of drug-likeness (QED) is 0.783. The third-order valence-corrected chi connectivity index (χ3v) is 4.31. The molecular formula is C16H24N2O2. The van der Waals surface area contributed by atoms with Gasteiger partial charge in [-0.05, 0) is 25.3 Å². The van der Waals surface area contributed by atoms with Crippen molar-refractivity contribution in [2.24, 2.45) is 5.73 Å². The average Bonchev–Trinajstić information content (AvgIpc) is 2.48. The van der Waals surface area contributed by atoms with Crippen LogP contribution in [-0.4, -0.2) is 23.2 Å². The fourth-order valence-corrected chi connectivity index (χ4v) is 2.79. The van der Waals surface area contributed by atoms with Crippen molar-refractivity contribution in [3.63, 3.8) is 0 Å². The van der Waals surface area contributed by atoms with Gasteiger partial charge in [0.25, 0.3) is 0 Å². The Hall–Kier alpha value is -1.39. The topological polar surface area (TPSA) is 75.3 Å². The molecule has 1 atom stereocenters. The van der Waals surface area contributed by atoms with Crippen LogP contribution in [0.2, 0.25) is 0 Å². The number of aliphatic hydroxyl groups is 1. The highest BCUT2D eigenvalue weighted by Gasteiger charge is 2.39. The van der Waals surface area contributed by atoms with Gasteiger partial charge in [0.05, 0.1) is 17.7 Å². The second kappa shape index (κ2) is 5.94. The molecule has 1 aromatic carbocycles. The number of aliphatic hydroxyl groups excluding tert-OH is 1. The van der Waals surface area contributed by atoms with Crippen molar-refractivity contribution in [1.29, 1.82) is 0 Å². The Morgan fingerprint density at radius 2 is 1.90 bits per heavy atom. The van der Waals surface area contributed by atoms with Gasteiger partial charge in [-0.2, -0.15) is 0 Å². The van der Waals surface area contributed by atoms with Gasteiger partial charge in [0.2, 0.25) is 5.91 Å². The van der Waals surface area contributed by atoms with E-state index in [1.165, 1.54) is 0 Å². The molecule has 4 heteroatoms. The Labute approximate surface area is 120 Å². The van der Waals surface area contributed by atoms with E-state index in [4.69, 9.17) is 5.73 Å². The van der Waals surface area contributed by atoms with Gasteiger partial charge in [-0.3, -0.25) is 4.79 Å². The number of hydrogen-bond donors (Lipinski definition) is 3. The maximum absolute atomic E-state index is 12.5. The molecule has 1 fully saturated rings. The summed E-state index contributed by atoms with van der Waals surface area (Å²) in [7, 11) is 0. The summed E-state index contributed by atoms with van der Waals surface area (Å²) in [5.74, 6) is -0.155. The first-order chi connectivity index (χ1) is 9.50. The number of benzene rings is 1. The molecule has 4 N–H and O–H groups in total. The van der Waals surface area contributed by atoms with E-state index in [9.17, 15) is 9.90 Å². The fourth-order valence-electron chi connectivity index (χ4n) is 2.79. The predicted molar refractivity (Wildman–Crippen MR) is 79.0 cm³/mol. The SMILES string of the molecule is CC(CO)(NC(=O)C1(N)CCCCC1)c1ccccc1. The van der Waals surface area contributed by atoms with Crippen LogP contribution in [0.3, 0.4) is 0 Å².